The minimum Gasteiger partial charge on any atom is -0.374 e. The topological polar surface area (TPSA) is 63.6 Å². The first kappa shape index (κ1) is 30.6. The number of pyridine rings is 1. The van der Waals surface area contributed by atoms with E-state index in [0.29, 0.717) is 17.3 Å². The monoisotopic (exact) mass is 621 g/mol. The first-order valence-corrected chi connectivity index (χ1v) is 12.7. The van der Waals surface area contributed by atoms with E-state index in [1.807, 2.05) is 0 Å². The second-order valence-electron chi connectivity index (χ2n) is 9.28. The molecular formula is C27H20Cl2F7N3O2. The van der Waals surface area contributed by atoms with Gasteiger partial charge < -0.3 is 10.2 Å². The average Bonchev–Trinajstić information content (AvgIpc) is 3.36. The number of aromatic nitrogens is 1. The maximum atomic E-state index is 14.3. The number of oxime groups is 1. The normalized spacial score (nSPS) is 17.3. The van der Waals surface area contributed by atoms with Crippen LogP contribution >= 0.6 is 23.2 Å². The summed E-state index contributed by atoms with van der Waals surface area (Å²) in [5, 5.41) is 5.02. The second-order valence-corrected chi connectivity index (χ2v) is 10.1. The van der Waals surface area contributed by atoms with Gasteiger partial charge in [0.15, 0.2) is 5.82 Å². The number of carbonyl (C=O) groups is 1. The lowest BCUT2D eigenvalue weighted by atomic mass is 9.86. The van der Waals surface area contributed by atoms with Crippen molar-refractivity contribution in [2.75, 3.05) is 0 Å². The third-order valence-corrected chi connectivity index (χ3v) is 7.17. The summed E-state index contributed by atoms with van der Waals surface area (Å²) < 4.78 is 95.6. The Morgan fingerprint density at radius 2 is 1.73 bits per heavy atom. The number of halogens is 9. The number of aryl methyl sites for hydroxylation is 2. The van der Waals surface area contributed by atoms with Crippen LogP contribution in [0.5, 0.6) is 0 Å². The Morgan fingerprint density at radius 1 is 1.07 bits per heavy atom. The van der Waals surface area contributed by atoms with Crippen LogP contribution in [0.2, 0.25) is 10.0 Å². The molecule has 1 unspecified atom stereocenters. The highest BCUT2D eigenvalue weighted by Gasteiger charge is 2.62. The van der Waals surface area contributed by atoms with Gasteiger partial charge >= 0.3 is 12.4 Å². The molecule has 14 heteroatoms. The van der Waals surface area contributed by atoms with E-state index in [9.17, 15) is 35.5 Å². The van der Waals surface area contributed by atoms with Crippen LogP contribution in [0.15, 0.2) is 47.8 Å². The van der Waals surface area contributed by atoms with E-state index in [2.05, 4.69) is 15.5 Å². The summed E-state index contributed by atoms with van der Waals surface area (Å²) in [6.45, 7) is 3.07. The van der Waals surface area contributed by atoms with Gasteiger partial charge in [-0.15, -0.1) is 0 Å². The number of nitrogens with zero attached hydrogens (tertiary/aromatic N) is 2. The largest absolute Gasteiger partial charge is 0.435 e. The van der Waals surface area contributed by atoms with Crippen LogP contribution in [0.3, 0.4) is 0 Å². The van der Waals surface area contributed by atoms with Crippen molar-refractivity contribution in [2.45, 2.75) is 51.2 Å². The van der Waals surface area contributed by atoms with Crippen molar-refractivity contribution >= 4 is 34.8 Å². The minimum atomic E-state index is -4.98. The Balaban J connectivity index is 1.53. The summed E-state index contributed by atoms with van der Waals surface area (Å²) in [6, 6.07) is 6.75. The zero-order valence-electron chi connectivity index (χ0n) is 21.3. The van der Waals surface area contributed by atoms with Gasteiger partial charge in [-0.3, -0.25) is 9.78 Å². The third-order valence-electron chi connectivity index (χ3n) is 6.62. The number of benzene rings is 2. The van der Waals surface area contributed by atoms with E-state index in [-0.39, 0.29) is 35.5 Å². The molecule has 0 aliphatic carbocycles. The Kier molecular flexibility index (Phi) is 8.30. The fraction of sp³-hybridized carbons (Fsp3) is 0.296. The fourth-order valence-electron chi connectivity index (χ4n) is 4.36. The standard InChI is InChI=1S/C27H20Cl2F7N3O2/c1-3-14-7-17(26(31,32)33)11-37-22(14)12-38-24(40)18-5-4-15(6-13(18)2)21-10-25(41-39-21,27(34,35)36)16-8-19(28)23(30)20(29)9-16/h4-9,11H,3,10,12H2,1-2H3,(H,38,40). The summed E-state index contributed by atoms with van der Waals surface area (Å²) >= 11 is 11.5. The smallest absolute Gasteiger partial charge is 0.374 e. The molecule has 4 rings (SSSR count). The molecule has 1 aliphatic heterocycles. The number of alkyl halides is 6. The maximum Gasteiger partial charge on any atom is 0.435 e. The van der Waals surface area contributed by atoms with Crippen LogP contribution in [-0.4, -0.2) is 22.8 Å². The Morgan fingerprint density at radius 3 is 2.29 bits per heavy atom. The molecule has 1 N–H and O–H groups in total. The SMILES string of the molecule is CCc1cc(C(F)(F)F)cnc1CNC(=O)c1ccc(C2=NOC(c3cc(Cl)c(F)c(Cl)c3)(C(F)(F)F)C2)cc1C. The summed E-state index contributed by atoms with van der Waals surface area (Å²) in [6.07, 6.45) is -9.36. The summed E-state index contributed by atoms with van der Waals surface area (Å²) in [4.78, 5) is 21.6. The quantitative estimate of drug-likeness (QED) is 0.225. The third kappa shape index (κ3) is 5.99. The molecule has 1 aromatic heterocycles. The van der Waals surface area contributed by atoms with E-state index in [4.69, 9.17) is 28.0 Å². The number of nitrogens with one attached hydrogen (secondary N) is 1. The Hall–Kier alpha value is -3.38. The van der Waals surface area contributed by atoms with Crippen molar-refractivity contribution in [3.63, 3.8) is 0 Å². The molecule has 1 aliphatic rings. The lowest BCUT2D eigenvalue weighted by molar-refractivity contribution is -0.275. The predicted molar refractivity (Wildman–Crippen MR) is 137 cm³/mol. The van der Waals surface area contributed by atoms with Crippen LogP contribution in [0.4, 0.5) is 30.7 Å². The summed E-state index contributed by atoms with van der Waals surface area (Å²) in [5.41, 5.74) is -3.09. The molecule has 218 valence electrons. The lowest BCUT2D eigenvalue weighted by Crippen LogP contribution is -2.42. The fourth-order valence-corrected chi connectivity index (χ4v) is 4.85. The van der Waals surface area contributed by atoms with Crippen molar-refractivity contribution in [3.8, 4) is 0 Å². The van der Waals surface area contributed by atoms with Crippen LogP contribution in [0.25, 0.3) is 0 Å². The summed E-state index contributed by atoms with van der Waals surface area (Å²) in [7, 11) is 0. The minimum absolute atomic E-state index is 0.0875. The van der Waals surface area contributed by atoms with Crippen LogP contribution in [0, 0.1) is 12.7 Å². The molecule has 2 heterocycles. The van der Waals surface area contributed by atoms with Gasteiger partial charge in [0.25, 0.3) is 11.5 Å². The van der Waals surface area contributed by atoms with Crippen LogP contribution in [-0.2, 0) is 29.6 Å². The Labute approximate surface area is 239 Å². The number of hydrogen-bond donors (Lipinski definition) is 1. The van der Waals surface area contributed by atoms with Gasteiger partial charge in [0.2, 0.25) is 0 Å². The Bertz CT molecular complexity index is 1520. The highest BCUT2D eigenvalue weighted by molar-refractivity contribution is 6.35. The van der Waals surface area contributed by atoms with Crippen molar-refractivity contribution < 1.29 is 40.4 Å². The maximum absolute atomic E-state index is 14.3. The molecule has 0 spiro atoms. The van der Waals surface area contributed by atoms with E-state index in [1.54, 1.807) is 13.8 Å². The van der Waals surface area contributed by atoms with E-state index in [1.165, 1.54) is 18.2 Å². The molecule has 0 saturated heterocycles. The van der Waals surface area contributed by atoms with Gasteiger partial charge in [-0.05, 0) is 60.4 Å². The molecular weight excluding hydrogens is 602 g/mol. The molecule has 0 saturated carbocycles. The lowest BCUT2D eigenvalue weighted by Gasteiger charge is -2.29. The van der Waals surface area contributed by atoms with Crippen molar-refractivity contribution in [3.05, 3.63) is 97.5 Å². The van der Waals surface area contributed by atoms with E-state index >= 15 is 0 Å². The van der Waals surface area contributed by atoms with Crippen LogP contribution < -0.4 is 5.32 Å². The molecule has 0 fully saturated rings. The van der Waals surface area contributed by atoms with Gasteiger partial charge in [0.1, 0.15) is 0 Å². The molecule has 0 bridgehead atoms. The number of carbonyl (C=O) groups excluding carboxylic acids is 1. The zero-order chi connectivity index (χ0) is 30.3. The molecule has 5 nitrogen and oxygen atoms in total. The van der Waals surface area contributed by atoms with Gasteiger partial charge in [-0.1, -0.05) is 41.3 Å². The van der Waals surface area contributed by atoms with Crippen molar-refractivity contribution in [1.29, 1.82) is 0 Å². The molecule has 3 aromatic rings. The first-order valence-electron chi connectivity index (χ1n) is 12.0. The van der Waals surface area contributed by atoms with E-state index in [0.717, 1.165) is 18.2 Å². The highest BCUT2D eigenvalue weighted by atomic mass is 35.5. The highest BCUT2D eigenvalue weighted by Crippen LogP contribution is 2.50. The number of amides is 1. The zero-order valence-corrected chi connectivity index (χ0v) is 22.8. The first-order chi connectivity index (χ1) is 19.1. The average molecular weight is 622 g/mol. The summed E-state index contributed by atoms with van der Waals surface area (Å²) in [5.74, 6) is -1.64. The molecule has 1 amide bonds. The number of hydrogen-bond acceptors (Lipinski definition) is 4. The van der Waals surface area contributed by atoms with Crippen molar-refractivity contribution in [1.82, 2.24) is 10.3 Å². The van der Waals surface area contributed by atoms with Crippen molar-refractivity contribution in [2.24, 2.45) is 5.16 Å². The van der Waals surface area contributed by atoms with Gasteiger partial charge in [-0.2, -0.15) is 26.3 Å². The molecule has 41 heavy (non-hydrogen) atoms. The predicted octanol–water partition coefficient (Wildman–Crippen LogP) is 7.93. The van der Waals surface area contributed by atoms with Crippen LogP contribution in [0.1, 0.15) is 57.2 Å². The number of rotatable bonds is 6. The molecule has 0 radical (unpaired) electrons. The molecule has 1 atom stereocenters. The van der Waals surface area contributed by atoms with Gasteiger partial charge in [0, 0.05) is 23.7 Å². The van der Waals surface area contributed by atoms with Gasteiger partial charge in [-0.25, -0.2) is 4.39 Å². The second kappa shape index (κ2) is 11.1. The van der Waals surface area contributed by atoms with Gasteiger partial charge in [0.05, 0.1) is 33.6 Å². The molecule has 2 aromatic carbocycles. The van der Waals surface area contributed by atoms with E-state index < -0.39 is 57.3 Å².